The predicted molar refractivity (Wildman–Crippen MR) is 101 cm³/mol. The quantitative estimate of drug-likeness (QED) is 0.887. The van der Waals surface area contributed by atoms with E-state index in [0.29, 0.717) is 25.4 Å². The van der Waals surface area contributed by atoms with E-state index in [-0.39, 0.29) is 23.9 Å². The van der Waals surface area contributed by atoms with Crippen LogP contribution in [0.3, 0.4) is 0 Å². The van der Waals surface area contributed by atoms with Gasteiger partial charge in [-0.1, -0.05) is 19.1 Å². The second-order valence-corrected chi connectivity index (χ2v) is 8.44. The number of rotatable bonds is 3. The minimum Gasteiger partial charge on any atom is -0.444 e. The molecule has 1 amide bonds. The fourth-order valence-corrected chi connectivity index (χ4v) is 4.26. The zero-order valence-electron chi connectivity index (χ0n) is 16.1. The fourth-order valence-electron chi connectivity index (χ4n) is 4.26. The number of hydrogen-bond donors (Lipinski definition) is 1. The lowest BCUT2D eigenvalue weighted by molar-refractivity contribution is 0.0180. The van der Waals surface area contributed by atoms with Crippen LogP contribution in [-0.4, -0.2) is 35.7 Å². The molecule has 5 heteroatoms. The molecule has 4 nitrogen and oxygen atoms in total. The van der Waals surface area contributed by atoms with Gasteiger partial charge >= 0.3 is 6.09 Å². The molecule has 3 rings (SSSR count). The summed E-state index contributed by atoms with van der Waals surface area (Å²) in [5.41, 5.74) is 8.84. The van der Waals surface area contributed by atoms with Crippen molar-refractivity contribution in [1.29, 1.82) is 0 Å². The van der Waals surface area contributed by atoms with Gasteiger partial charge in [0.2, 0.25) is 0 Å². The third-order valence-electron chi connectivity index (χ3n) is 5.38. The maximum atomic E-state index is 13.5. The first-order chi connectivity index (χ1) is 12.2. The van der Waals surface area contributed by atoms with E-state index in [1.54, 1.807) is 6.07 Å². The molecule has 3 unspecified atom stereocenters. The third-order valence-corrected chi connectivity index (χ3v) is 5.38. The number of hydrogen-bond acceptors (Lipinski definition) is 3. The summed E-state index contributed by atoms with van der Waals surface area (Å²) in [4.78, 5) is 14.6. The average molecular weight is 360 g/mol. The van der Waals surface area contributed by atoms with E-state index in [4.69, 9.17) is 10.5 Å². The van der Waals surface area contributed by atoms with Crippen molar-refractivity contribution < 1.29 is 13.9 Å². The first-order valence-corrected chi connectivity index (χ1v) is 9.40. The van der Waals surface area contributed by atoms with Gasteiger partial charge in [0, 0.05) is 25.0 Å². The zero-order chi connectivity index (χ0) is 19.1. The van der Waals surface area contributed by atoms with Crippen LogP contribution in [0.1, 0.15) is 45.2 Å². The van der Waals surface area contributed by atoms with Gasteiger partial charge in [0.15, 0.2) is 0 Å². The van der Waals surface area contributed by atoms with Crippen LogP contribution in [0.5, 0.6) is 0 Å². The molecule has 1 fully saturated rings. The minimum absolute atomic E-state index is 0.00268. The van der Waals surface area contributed by atoms with Crippen LogP contribution in [0, 0.1) is 17.7 Å². The van der Waals surface area contributed by atoms with E-state index in [1.165, 1.54) is 6.07 Å². The van der Waals surface area contributed by atoms with Crippen molar-refractivity contribution in [3.8, 4) is 0 Å². The van der Waals surface area contributed by atoms with E-state index in [0.717, 1.165) is 23.1 Å². The first-order valence-electron chi connectivity index (χ1n) is 9.40. The molecule has 1 aromatic carbocycles. The highest BCUT2D eigenvalue weighted by molar-refractivity contribution is 5.76. The molecule has 0 aromatic heterocycles. The van der Waals surface area contributed by atoms with Crippen molar-refractivity contribution in [3.05, 3.63) is 41.2 Å². The van der Waals surface area contributed by atoms with Crippen molar-refractivity contribution in [3.63, 3.8) is 0 Å². The lowest BCUT2D eigenvalue weighted by Crippen LogP contribution is -2.47. The third kappa shape index (κ3) is 3.63. The van der Waals surface area contributed by atoms with Crippen LogP contribution in [0.4, 0.5) is 9.18 Å². The number of allylic oxidation sites excluding steroid dienone is 1. The van der Waals surface area contributed by atoms with Crippen molar-refractivity contribution in [2.75, 3.05) is 13.1 Å². The number of benzene rings is 1. The van der Waals surface area contributed by atoms with Crippen LogP contribution >= 0.6 is 0 Å². The largest absolute Gasteiger partial charge is 0.444 e. The Kier molecular flexibility index (Phi) is 5.11. The van der Waals surface area contributed by atoms with Gasteiger partial charge in [-0.3, -0.25) is 0 Å². The molecule has 0 saturated carbocycles. The monoisotopic (exact) mass is 360 g/mol. The van der Waals surface area contributed by atoms with Crippen LogP contribution in [-0.2, 0) is 11.2 Å². The molecule has 26 heavy (non-hydrogen) atoms. The number of amides is 1. The molecule has 1 aromatic rings. The number of halogens is 1. The summed E-state index contributed by atoms with van der Waals surface area (Å²) >= 11 is 0. The normalized spacial score (nSPS) is 23.6. The number of nitrogens with zero attached hydrogens (tertiary/aromatic N) is 1. The first kappa shape index (κ1) is 18.9. The summed E-state index contributed by atoms with van der Waals surface area (Å²) in [6, 6.07) is 4.92. The molecular weight excluding hydrogens is 331 g/mol. The van der Waals surface area contributed by atoms with Gasteiger partial charge in [-0.2, -0.15) is 0 Å². The summed E-state index contributed by atoms with van der Waals surface area (Å²) in [5.74, 6) is 0.139. The van der Waals surface area contributed by atoms with Crippen molar-refractivity contribution in [1.82, 2.24) is 4.90 Å². The van der Waals surface area contributed by atoms with Crippen LogP contribution < -0.4 is 5.73 Å². The Morgan fingerprint density at radius 2 is 2.15 bits per heavy atom. The Morgan fingerprint density at radius 3 is 2.81 bits per heavy atom. The Balaban J connectivity index is 1.88. The van der Waals surface area contributed by atoms with Gasteiger partial charge in [0.1, 0.15) is 11.4 Å². The minimum atomic E-state index is -0.525. The van der Waals surface area contributed by atoms with Gasteiger partial charge in [0.05, 0.1) is 0 Å². The van der Waals surface area contributed by atoms with Crippen LogP contribution in [0.25, 0.3) is 5.57 Å². The fraction of sp³-hybridized carbons (Fsp3) is 0.571. The second kappa shape index (κ2) is 7.03. The Morgan fingerprint density at radius 1 is 1.42 bits per heavy atom. The summed E-state index contributed by atoms with van der Waals surface area (Å²) in [6.45, 7) is 8.93. The van der Waals surface area contributed by atoms with Crippen LogP contribution in [0.2, 0.25) is 0 Å². The number of carbonyl (C=O) groups excluding carboxylic acids is 1. The molecule has 0 bridgehead atoms. The number of fused-ring (bicyclic) bond motifs is 1. The van der Waals surface area contributed by atoms with Gasteiger partial charge in [0.25, 0.3) is 0 Å². The zero-order valence-corrected chi connectivity index (χ0v) is 16.1. The summed E-state index contributed by atoms with van der Waals surface area (Å²) in [5, 5.41) is 0. The van der Waals surface area contributed by atoms with Crippen LogP contribution in [0.15, 0.2) is 24.3 Å². The number of ether oxygens (including phenoxy) is 1. The maximum absolute atomic E-state index is 13.5. The molecule has 142 valence electrons. The second-order valence-electron chi connectivity index (χ2n) is 8.44. The van der Waals surface area contributed by atoms with E-state index in [2.05, 4.69) is 13.0 Å². The molecule has 1 aliphatic carbocycles. The number of carbonyl (C=O) groups is 1. The summed E-state index contributed by atoms with van der Waals surface area (Å²) in [7, 11) is 0. The van der Waals surface area contributed by atoms with E-state index >= 15 is 0 Å². The van der Waals surface area contributed by atoms with Crippen molar-refractivity contribution in [2.45, 2.75) is 52.2 Å². The van der Waals surface area contributed by atoms with E-state index < -0.39 is 5.60 Å². The predicted octanol–water partition coefficient (Wildman–Crippen LogP) is 3.99. The molecule has 3 atom stereocenters. The lowest BCUT2D eigenvalue weighted by atomic mass is 9.82. The molecule has 2 N–H and O–H groups in total. The molecule has 0 radical (unpaired) electrons. The van der Waals surface area contributed by atoms with Gasteiger partial charge < -0.3 is 15.4 Å². The molecule has 0 spiro atoms. The highest BCUT2D eigenvalue weighted by Gasteiger charge is 2.43. The maximum Gasteiger partial charge on any atom is 0.410 e. The number of nitrogens with two attached hydrogens (primary N) is 1. The van der Waals surface area contributed by atoms with Crippen molar-refractivity contribution >= 4 is 11.7 Å². The summed E-state index contributed by atoms with van der Waals surface area (Å²) in [6.07, 6.45) is 3.51. The SMILES string of the molecule is CC1CCN(C(=O)OC(C)(C)C)C1C(CN)C1=CCc2cc(F)ccc21. The molecule has 1 aliphatic heterocycles. The molecule has 1 saturated heterocycles. The average Bonchev–Trinajstić information content (AvgIpc) is 3.11. The topological polar surface area (TPSA) is 55.6 Å². The van der Waals surface area contributed by atoms with Gasteiger partial charge in [-0.25, -0.2) is 9.18 Å². The van der Waals surface area contributed by atoms with E-state index in [9.17, 15) is 9.18 Å². The summed E-state index contributed by atoms with van der Waals surface area (Å²) < 4.78 is 19.2. The van der Waals surface area contributed by atoms with E-state index in [1.807, 2.05) is 31.7 Å². The lowest BCUT2D eigenvalue weighted by Gasteiger charge is -2.35. The highest BCUT2D eigenvalue weighted by atomic mass is 19.1. The highest BCUT2D eigenvalue weighted by Crippen LogP contribution is 2.41. The van der Waals surface area contributed by atoms with Gasteiger partial charge in [-0.05, 0) is 68.4 Å². The molecule has 1 heterocycles. The molecular formula is C21H29FN2O2. The van der Waals surface area contributed by atoms with Gasteiger partial charge in [-0.15, -0.1) is 0 Å². The Labute approximate surface area is 155 Å². The Hall–Kier alpha value is -1.88. The van der Waals surface area contributed by atoms with Crippen molar-refractivity contribution in [2.24, 2.45) is 17.6 Å². The standard InChI is InChI=1S/C21H29FN2O2/c1-13-9-10-24(20(25)26-21(2,3)4)19(13)18(12-23)17-7-5-14-11-15(22)6-8-16(14)17/h6-8,11,13,18-19H,5,9-10,12,23H2,1-4H3. The number of likely N-dealkylation sites (tertiary alicyclic amines) is 1. The Bertz CT molecular complexity index is 723. The molecule has 2 aliphatic rings. The smallest absolute Gasteiger partial charge is 0.410 e.